The average Bonchev–Trinajstić information content (AvgIpc) is 2.95. The number of phenols is 1. The van der Waals surface area contributed by atoms with Crippen LogP contribution in [0.4, 0.5) is 0 Å². The molecule has 0 spiro atoms. The minimum absolute atomic E-state index is 0.0357. The van der Waals surface area contributed by atoms with E-state index in [0.717, 1.165) is 53.6 Å². The van der Waals surface area contributed by atoms with Crippen molar-refractivity contribution in [2.45, 2.75) is 37.1 Å². The highest BCUT2D eigenvalue weighted by Crippen LogP contribution is 2.56. The van der Waals surface area contributed by atoms with Gasteiger partial charge in [0.2, 0.25) is 0 Å². The quantitative estimate of drug-likeness (QED) is 0.428. The van der Waals surface area contributed by atoms with E-state index in [2.05, 4.69) is 29.4 Å². The van der Waals surface area contributed by atoms with E-state index in [1.165, 1.54) is 0 Å². The van der Waals surface area contributed by atoms with Crippen LogP contribution in [0, 0.1) is 11.8 Å². The van der Waals surface area contributed by atoms with E-state index >= 15 is 0 Å². The van der Waals surface area contributed by atoms with Crippen molar-refractivity contribution in [1.82, 2.24) is 10.2 Å². The number of carbonyl (C=O) groups is 1. The van der Waals surface area contributed by atoms with E-state index in [9.17, 15) is 20.1 Å². The van der Waals surface area contributed by atoms with Gasteiger partial charge in [-0.2, -0.15) is 0 Å². The van der Waals surface area contributed by atoms with E-state index in [-0.39, 0.29) is 46.8 Å². The lowest BCUT2D eigenvalue weighted by molar-refractivity contribution is -0.271. The third-order valence-electron chi connectivity index (χ3n) is 9.25. The molecule has 3 aliphatic rings. The molecule has 3 aromatic rings. The third kappa shape index (κ3) is 4.52. The van der Waals surface area contributed by atoms with Crippen molar-refractivity contribution in [3.63, 3.8) is 0 Å². The van der Waals surface area contributed by atoms with Crippen LogP contribution in [0.1, 0.15) is 39.9 Å². The number of likely N-dealkylation sites (N-methyl/N-ethyl adjacent to an activating group) is 1. The van der Waals surface area contributed by atoms with Gasteiger partial charge in [-0.15, -0.1) is 0 Å². The molecule has 39 heavy (non-hydrogen) atoms. The summed E-state index contributed by atoms with van der Waals surface area (Å²) in [5.41, 5.74) is 4.95. The molecule has 0 radical (unpaired) electrons. The first-order valence-electron chi connectivity index (χ1n) is 13.9. The molecule has 4 atom stereocenters. The number of nitrogens with one attached hydrogen (secondary N) is 1. The molecule has 1 amide bonds. The van der Waals surface area contributed by atoms with Crippen molar-refractivity contribution in [3.8, 4) is 22.6 Å². The lowest BCUT2D eigenvalue weighted by Crippen LogP contribution is -2.60. The van der Waals surface area contributed by atoms with E-state index in [1.54, 1.807) is 18.2 Å². The second kappa shape index (κ2) is 10.2. The molecule has 1 fully saturated rings. The Balaban J connectivity index is 1.18. The normalized spacial score (nSPS) is 25.5. The van der Waals surface area contributed by atoms with Crippen molar-refractivity contribution in [3.05, 3.63) is 95.1 Å². The predicted molar refractivity (Wildman–Crippen MR) is 150 cm³/mol. The fourth-order valence-corrected chi connectivity index (χ4v) is 7.19. The van der Waals surface area contributed by atoms with Gasteiger partial charge in [0.1, 0.15) is 5.75 Å². The van der Waals surface area contributed by atoms with Gasteiger partial charge in [0.15, 0.2) is 0 Å². The molecule has 1 heterocycles. The molecule has 3 aromatic carbocycles. The Morgan fingerprint density at radius 1 is 1.05 bits per heavy atom. The molecule has 6 heteroatoms. The molecule has 2 aliphatic carbocycles. The van der Waals surface area contributed by atoms with Gasteiger partial charge in [0.25, 0.3) is 5.91 Å². The fourth-order valence-electron chi connectivity index (χ4n) is 7.19. The van der Waals surface area contributed by atoms with E-state index < -0.39 is 0 Å². The smallest absolute Gasteiger partial charge is 0.250 e. The second-order valence-corrected chi connectivity index (χ2v) is 11.4. The van der Waals surface area contributed by atoms with Crippen molar-refractivity contribution in [2.24, 2.45) is 11.8 Å². The zero-order valence-electron chi connectivity index (χ0n) is 22.3. The number of likely N-dealkylation sites (tertiary alicyclic amines) is 1. The molecule has 6 rings (SSSR count). The zero-order valence-corrected chi connectivity index (χ0v) is 22.3. The fraction of sp³-hybridized carbons (Fsp3) is 0.364. The molecule has 202 valence electrons. The van der Waals surface area contributed by atoms with Crippen LogP contribution in [-0.4, -0.2) is 53.8 Å². The van der Waals surface area contributed by atoms with Gasteiger partial charge in [-0.25, -0.2) is 0 Å². The Labute approximate surface area is 229 Å². The highest BCUT2D eigenvalue weighted by Gasteiger charge is 2.53. The molecule has 0 saturated carbocycles. The number of hydrogen-bond acceptors (Lipinski definition) is 5. The third-order valence-corrected chi connectivity index (χ3v) is 9.25. The summed E-state index contributed by atoms with van der Waals surface area (Å²) in [4.78, 5) is 15.6. The SMILES string of the molecule is CN1CCC23CC(CO)C=C[C@H]2[C@H]1Cc1ccc(C(=O)NCCc2ccc(-c4ccc(O)cc4)cc2)c([O-])c13. The Morgan fingerprint density at radius 3 is 2.49 bits per heavy atom. The summed E-state index contributed by atoms with van der Waals surface area (Å²) >= 11 is 0. The van der Waals surface area contributed by atoms with Crippen molar-refractivity contribution in [1.29, 1.82) is 0 Å². The molecule has 3 N–H and O–H groups in total. The Kier molecular flexibility index (Phi) is 6.69. The number of piperidine rings is 1. The maximum Gasteiger partial charge on any atom is 0.250 e. The first-order chi connectivity index (χ1) is 18.9. The molecule has 0 aromatic heterocycles. The van der Waals surface area contributed by atoms with Crippen LogP contribution in [0.2, 0.25) is 0 Å². The molecule has 2 unspecified atom stereocenters. The molecular weight excluding hydrogens is 488 g/mol. The molecular formula is C33H35N2O4-. The van der Waals surface area contributed by atoms with E-state index in [1.807, 2.05) is 42.5 Å². The average molecular weight is 524 g/mol. The van der Waals surface area contributed by atoms with Crippen LogP contribution >= 0.6 is 0 Å². The number of phenolic OH excluding ortho intramolecular Hbond substituents is 1. The maximum atomic E-state index is 13.9. The monoisotopic (exact) mass is 523 g/mol. The zero-order chi connectivity index (χ0) is 27.1. The lowest BCUT2D eigenvalue weighted by atomic mass is 9.52. The van der Waals surface area contributed by atoms with Gasteiger partial charge in [-0.1, -0.05) is 60.4 Å². The molecule has 6 nitrogen and oxygen atoms in total. The topological polar surface area (TPSA) is 95.9 Å². The first-order valence-corrected chi connectivity index (χ1v) is 13.9. The standard InChI is InChI=1S/C33H36N2O4/c1-35-17-15-33-19-22(20-36)4-13-28(33)29(35)18-25-9-12-27(31(38)30(25)33)32(39)34-16-14-21-2-5-23(6-3-21)24-7-10-26(37)11-8-24/h2-13,22,28-29,36-38H,14-20H2,1H3,(H,34,39)/p-1/t22?,28-,29+,33?/m0/s1. The van der Waals surface area contributed by atoms with Crippen molar-refractivity contribution < 1.29 is 20.1 Å². The Hall–Kier alpha value is -3.61. The van der Waals surface area contributed by atoms with Crippen LogP contribution in [0.3, 0.4) is 0 Å². The number of aromatic hydroxyl groups is 1. The molecule has 2 bridgehead atoms. The number of amides is 1. The van der Waals surface area contributed by atoms with Crippen LogP contribution in [0.25, 0.3) is 11.1 Å². The van der Waals surface area contributed by atoms with Crippen molar-refractivity contribution in [2.75, 3.05) is 26.7 Å². The number of benzene rings is 3. The summed E-state index contributed by atoms with van der Waals surface area (Å²) < 4.78 is 0. The second-order valence-electron chi connectivity index (χ2n) is 11.4. The summed E-state index contributed by atoms with van der Waals surface area (Å²) in [6.45, 7) is 1.42. The summed E-state index contributed by atoms with van der Waals surface area (Å²) in [6.07, 6.45) is 7.43. The van der Waals surface area contributed by atoms with Gasteiger partial charge in [0, 0.05) is 42.0 Å². The molecule has 1 saturated heterocycles. The Morgan fingerprint density at radius 2 is 1.77 bits per heavy atom. The number of rotatable bonds is 6. The number of hydrogen-bond donors (Lipinski definition) is 3. The van der Waals surface area contributed by atoms with E-state index in [4.69, 9.17) is 0 Å². The highest BCUT2D eigenvalue weighted by molar-refractivity contribution is 5.97. The van der Waals surface area contributed by atoms with Crippen LogP contribution in [0.15, 0.2) is 72.8 Å². The largest absolute Gasteiger partial charge is 0.872 e. The van der Waals surface area contributed by atoms with Gasteiger partial charge >= 0.3 is 0 Å². The van der Waals surface area contributed by atoms with Gasteiger partial charge in [-0.3, -0.25) is 4.79 Å². The van der Waals surface area contributed by atoms with Gasteiger partial charge in [-0.05, 0) is 85.3 Å². The minimum atomic E-state index is -0.323. The Bertz CT molecular complexity index is 1400. The number of fused-ring (bicyclic) bond motifs is 1. The number of aliphatic hydroxyl groups excluding tert-OH is 1. The predicted octanol–water partition coefficient (Wildman–Crippen LogP) is 3.79. The summed E-state index contributed by atoms with van der Waals surface area (Å²) in [5, 5.41) is 36.4. The first kappa shape index (κ1) is 25.7. The lowest BCUT2D eigenvalue weighted by Gasteiger charge is -2.59. The number of nitrogens with zero attached hydrogens (tertiary/aromatic N) is 1. The van der Waals surface area contributed by atoms with Crippen LogP contribution in [0.5, 0.6) is 11.5 Å². The summed E-state index contributed by atoms with van der Waals surface area (Å²) in [7, 11) is 2.16. The van der Waals surface area contributed by atoms with Crippen LogP contribution in [-0.2, 0) is 18.3 Å². The number of aliphatic hydroxyl groups is 1. The van der Waals surface area contributed by atoms with E-state index in [0.29, 0.717) is 19.0 Å². The van der Waals surface area contributed by atoms with Gasteiger partial charge < -0.3 is 25.5 Å². The van der Waals surface area contributed by atoms with Crippen LogP contribution < -0.4 is 10.4 Å². The number of carbonyl (C=O) groups excluding carboxylic acids is 1. The van der Waals surface area contributed by atoms with Gasteiger partial charge in [0.05, 0.1) is 0 Å². The molecule has 1 aliphatic heterocycles. The maximum absolute atomic E-state index is 13.9. The van der Waals surface area contributed by atoms with Crippen molar-refractivity contribution >= 4 is 5.91 Å². The summed E-state index contributed by atoms with van der Waals surface area (Å²) in [6, 6.07) is 19.3. The summed E-state index contributed by atoms with van der Waals surface area (Å²) in [5.74, 6) is 0.0432. The highest BCUT2D eigenvalue weighted by atomic mass is 16.3. The minimum Gasteiger partial charge on any atom is -0.872 e.